The third-order valence-electron chi connectivity index (χ3n) is 3.69. The number of nitro groups is 1. The number of hydrogen-bond acceptors (Lipinski definition) is 3. The van der Waals surface area contributed by atoms with Crippen LogP contribution in [0, 0.1) is 21.4 Å². The average Bonchev–Trinajstić information content (AvgIpc) is 3.09. The minimum atomic E-state index is -0.436. The third-order valence-corrected chi connectivity index (χ3v) is 3.94. The molecule has 1 aromatic heterocycles. The highest BCUT2D eigenvalue weighted by atomic mass is 35.5. The Kier molecular flexibility index (Phi) is 4.64. The highest BCUT2D eigenvalue weighted by Gasteiger charge is 2.08. The molecule has 0 aliphatic heterocycles. The van der Waals surface area contributed by atoms with E-state index >= 15 is 0 Å². The minimum absolute atomic E-state index is 0.0341. The summed E-state index contributed by atoms with van der Waals surface area (Å²) in [6.07, 6.45) is 3.61. The van der Waals surface area contributed by atoms with Gasteiger partial charge in [0.05, 0.1) is 16.6 Å². The fraction of sp³-hybridized carbons (Fsp3) is 0. The van der Waals surface area contributed by atoms with Gasteiger partial charge in [0.25, 0.3) is 5.69 Å². The fourth-order valence-electron chi connectivity index (χ4n) is 2.44. The molecule has 5 nitrogen and oxygen atoms in total. The normalized spacial score (nSPS) is 11.1. The molecule has 0 spiro atoms. The Morgan fingerprint density at radius 3 is 2.40 bits per heavy atom. The zero-order valence-electron chi connectivity index (χ0n) is 13.0. The van der Waals surface area contributed by atoms with Gasteiger partial charge in [-0.25, -0.2) is 0 Å². The van der Waals surface area contributed by atoms with E-state index in [2.05, 4.69) is 6.07 Å². The molecule has 3 rings (SSSR count). The first-order valence-electron chi connectivity index (χ1n) is 7.38. The Balaban J connectivity index is 1.99. The number of benzene rings is 2. The summed E-state index contributed by atoms with van der Waals surface area (Å²) in [5, 5.41) is 20.9. The Morgan fingerprint density at radius 2 is 1.80 bits per heavy atom. The van der Waals surface area contributed by atoms with Gasteiger partial charge in [-0.05, 0) is 48.0 Å². The van der Waals surface area contributed by atoms with Crippen LogP contribution >= 0.6 is 11.6 Å². The summed E-state index contributed by atoms with van der Waals surface area (Å²) in [4.78, 5) is 10.3. The van der Waals surface area contributed by atoms with Gasteiger partial charge >= 0.3 is 0 Å². The van der Waals surface area contributed by atoms with E-state index in [0.717, 1.165) is 16.9 Å². The van der Waals surface area contributed by atoms with Crippen LogP contribution in [0.15, 0.2) is 66.9 Å². The van der Waals surface area contributed by atoms with Gasteiger partial charge in [0.1, 0.15) is 0 Å². The van der Waals surface area contributed by atoms with Crippen molar-refractivity contribution >= 4 is 28.9 Å². The SMILES string of the molecule is N#CC(=Cc1cccn1-c1ccc([N+](=O)[O-])cc1)c1ccc(Cl)cc1. The van der Waals surface area contributed by atoms with Crippen molar-refractivity contribution in [3.63, 3.8) is 0 Å². The minimum Gasteiger partial charge on any atom is -0.317 e. The molecule has 0 saturated heterocycles. The van der Waals surface area contributed by atoms with Crippen molar-refractivity contribution in [2.45, 2.75) is 0 Å². The molecule has 122 valence electrons. The van der Waals surface area contributed by atoms with E-state index < -0.39 is 4.92 Å². The highest BCUT2D eigenvalue weighted by molar-refractivity contribution is 6.30. The Labute approximate surface area is 149 Å². The van der Waals surface area contributed by atoms with Crippen molar-refractivity contribution in [1.82, 2.24) is 4.57 Å². The maximum absolute atomic E-state index is 10.8. The molecule has 0 fully saturated rings. The lowest BCUT2D eigenvalue weighted by Gasteiger charge is -2.07. The van der Waals surface area contributed by atoms with Crippen molar-refractivity contribution in [1.29, 1.82) is 5.26 Å². The molecule has 0 unspecified atom stereocenters. The molecule has 0 amide bonds. The summed E-state index contributed by atoms with van der Waals surface area (Å²) >= 11 is 5.89. The Bertz CT molecular complexity index is 981. The summed E-state index contributed by atoms with van der Waals surface area (Å²) in [5.41, 5.74) is 2.87. The van der Waals surface area contributed by atoms with Crippen LogP contribution in [0.4, 0.5) is 5.69 Å². The summed E-state index contributed by atoms with van der Waals surface area (Å²) in [5.74, 6) is 0. The molecular formula is C19H12ClN3O2. The highest BCUT2D eigenvalue weighted by Crippen LogP contribution is 2.23. The van der Waals surface area contributed by atoms with E-state index in [1.54, 1.807) is 42.5 Å². The van der Waals surface area contributed by atoms with Crippen molar-refractivity contribution < 1.29 is 4.92 Å². The van der Waals surface area contributed by atoms with Gasteiger partial charge in [-0.2, -0.15) is 5.26 Å². The molecule has 6 heteroatoms. The van der Waals surface area contributed by atoms with Crippen LogP contribution in [0.2, 0.25) is 5.02 Å². The summed E-state index contributed by atoms with van der Waals surface area (Å²) < 4.78 is 1.86. The van der Waals surface area contributed by atoms with Gasteiger partial charge in [0.15, 0.2) is 0 Å². The van der Waals surface area contributed by atoms with Crippen LogP contribution in [0.1, 0.15) is 11.3 Å². The summed E-state index contributed by atoms with van der Waals surface area (Å²) in [6.45, 7) is 0. The van der Waals surface area contributed by atoms with E-state index in [1.165, 1.54) is 12.1 Å². The molecule has 0 radical (unpaired) electrons. The van der Waals surface area contributed by atoms with E-state index in [-0.39, 0.29) is 5.69 Å². The topological polar surface area (TPSA) is 71.9 Å². The molecular weight excluding hydrogens is 338 g/mol. The van der Waals surface area contributed by atoms with Crippen molar-refractivity contribution in [2.24, 2.45) is 0 Å². The predicted molar refractivity (Wildman–Crippen MR) is 97.4 cm³/mol. The van der Waals surface area contributed by atoms with Gasteiger partial charge in [0.2, 0.25) is 0 Å². The summed E-state index contributed by atoms with van der Waals surface area (Å²) in [7, 11) is 0. The maximum atomic E-state index is 10.8. The van der Waals surface area contributed by atoms with E-state index in [1.807, 2.05) is 22.9 Å². The zero-order valence-corrected chi connectivity index (χ0v) is 13.7. The van der Waals surface area contributed by atoms with E-state index in [4.69, 9.17) is 11.6 Å². The summed E-state index contributed by atoms with van der Waals surface area (Å²) in [6, 6.07) is 19.2. The molecule has 0 bridgehead atoms. The number of nitro benzene ring substituents is 1. The molecule has 0 N–H and O–H groups in total. The van der Waals surface area contributed by atoms with Crippen LogP contribution in [-0.2, 0) is 0 Å². The standard InChI is InChI=1S/C19H12ClN3O2/c20-16-5-3-14(4-6-16)15(13-21)12-19-2-1-11-22(19)17-7-9-18(10-8-17)23(24)25/h1-12H. The number of aromatic nitrogens is 1. The first kappa shape index (κ1) is 16.5. The Morgan fingerprint density at radius 1 is 1.12 bits per heavy atom. The van der Waals surface area contributed by atoms with E-state index in [0.29, 0.717) is 10.6 Å². The molecule has 1 heterocycles. The average molecular weight is 350 g/mol. The molecule has 0 aliphatic carbocycles. The van der Waals surface area contributed by atoms with Gasteiger partial charge in [0, 0.05) is 34.7 Å². The number of hydrogen-bond donors (Lipinski definition) is 0. The molecule has 25 heavy (non-hydrogen) atoms. The number of rotatable bonds is 4. The lowest BCUT2D eigenvalue weighted by atomic mass is 10.1. The lowest BCUT2D eigenvalue weighted by molar-refractivity contribution is -0.384. The first-order valence-corrected chi connectivity index (χ1v) is 7.76. The van der Waals surface area contributed by atoms with Crippen molar-refractivity contribution in [3.8, 4) is 11.8 Å². The molecule has 0 atom stereocenters. The fourth-order valence-corrected chi connectivity index (χ4v) is 2.57. The number of non-ortho nitro benzene ring substituents is 1. The van der Waals surface area contributed by atoms with Crippen molar-refractivity contribution in [2.75, 3.05) is 0 Å². The number of nitrogens with zero attached hydrogens (tertiary/aromatic N) is 3. The first-order chi connectivity index (χ1) is 12.1. The largest absolute Gasteiger partial charge is 0.317 e. The molecule has 0 aliphatic rings. The van der Waals surface area contributed by atoms with Gasteiger partial charge in [-0.1, -0.05) is 23.7 Å². The maximum Gasteiger partial charge on any atom is 0.269 e. The molecule has 3 aromatic rings. The van der Waals surface area contributed by atoms with Crippen molar-refractivity contribution in [3.05, 3.63) is 93.3 Å². The molecule has 2 aromatic carbocycles. The number of halogens is 1. The van der Waals surface area contributed by atoms with E-state index in [9.17, 15) is 15.4 Å². The third kappa shape index (κ3) is 3.60. The van der Waals surface area contributed by atoms with Crippen LogP contribution in [0.3, 0.4) is 0 Å². The quantitative estimate of drug-likeness (QED) is 0.373. The molecule has 0 saturated carbocycles. The van der Waals surface area contributed by atoms with Gasteiger partial charge in [-0.15, -0.1) is 0 Å². The van der Waals surface area contributed by atoms with Crippen LogP contribution in [-0.4, -0.2) is 9.49 Å². The number of nitriles is 1. The second kappa shape index (κ2) is 7.04. The van der Waals surface area contributed by atoms with Crippen LogP contribution < -0.4 is 0 Å². The predicted octanol–water partition coefficient (Wildman–Crippen LogP) is 5.10. The zero-order chi connectivity index (χ0) is 17.8. The second-order valence-corrected chi connectivity index (χ2v) is 5.69. The smallest absolute Gasteiger partial charge is 0.269 e. The monoisotopic (exact) mass is 349 g/mol. The van der Waals surface area contributed by atoms with Crippen LogP contribution in [0.5, 0.6) is 0 Å². The van der Waals surface area contributed by atoms with Gasteiger partial charge in [-0.3, -0.25) is 10.1 Å². The second-order valence-electron chi connectivity index (χ2n) is 5.25. The number of allylic oxidation sites excluding steroid dienone is 1. The van der Waals surface area contributed by atoms with Crippen LogP contribution in [0.25, 0.3) is 17.3 Å². The van der Waals surface area contributed by atoms with Gasteiger partial charge < -0.3 is 4.57 Å². The lowest BCUT2D eigenvalue weighted by Crippen LogP contribution is -1.96. The Hall–Kier alpha value is -3.36.